The Hall–Kier alpha value is -2.69. The Morgan fingerprint density at radius 1 is 1.00 bits per heavy atom. The number of carbonyl (C=O) groups excluding carboxylic acids is 1. The highest BCUT2D eigenvalue weighted by Crippen LogP contribution is 2.24. The van der Waals surface area contributed by atoms with Crippen molar-refractivity contribution in [2.75, 3.05) is 30.4 Å². The predicted octanol–water partition coefficient (Wildman–Crippen LogP) is 5.34. The molecule has 0 aromatic heterocycles. The van der Waals surface area contributed by atoms with Crippen LogP contribution in [-0.4, -0.2) is 25.7 Å². The summed E-state index contributed by atoms with van der Waals surface area (Å²) in [4.78, 5) is 12.3. The summed E-state index contributed by atoms with van der Waals surface area (Å²) < 4.78 is 11.5. The van der Waals surface area contributed by atoms with Gasteiger partial charge < -0.3 is 20.1 Å². The number of anilines is 2. The maximum absolute atomic E-state index is 12.3. The van der Waals surface area contributed by atoms with Crippen molar-refractivity contribution in [3.8, 4) is 11.5 Å². The van der Waals surface area contributed by atoms with Crippen LogP contribution in [0.15, 0.2) is 48.5 Å². The molecule has 2 aromatic rings. The van der Waals surface area contributed by atoms with E-state index in [4.69, 9.17) is 9.47 Å². The molecule has 2 N–H and O–H groups in total. The molecule has 0 saturated carbocycles. The molecule has 28 heavy (non-hydrogen) atoms. The molecule has 0 bridgehead atoms. The van der Waals surface area contributed by atoms with Crippen LogP contribution in [0.3, 0.4) is 0 Å². The minimum atomic E-state index is -0.121. The number of amides is 1. The molecule has 5 nitrogen and oxygen atoms in total. The number of hydrogen-bond donors (Lipinski definition) is 2. The largest absolute Gasteiger partial charge is 0.494 e. The summed E-state index contributed by atoms with van der Waals surface area (Å²) in [6.07, 6.45) is 3.09. The van der Waals surface area contributed by atoms with E-state index in [1.165, 1.54) is 0 Å². The van der Waals surface area contributed by atoms with Gasteiger partial charge in [0.05, 0.1) is 25.4 Å². The standard InChI is InChI=1S/C23H32N2O3/c1-4-5-15-28-22-9-7-6-8-21(22)25-23(26)17-24-19-10-12-20(13-11-19)27-16-14-18(2)3/h6-13,18,24H,4-5,14-17H2,1-3H3,(H,25,26). The summed E-state index contributed by atoms with van der Waals surface area (Å²) in [5, 5.41) is 6.04. The van der Waals surface area contributed by atoms with Gasteiger partial charge in [-0.15, -0.1) is 0 Å². The molecule has 2 rings (SSSR count). The SMILES string of the molecule is CCCCOc1ccccc1NC(=O)CNc1ccc(OCCC(C)C)cc1. The van der Waals surface area contributed by atoms with Gasteiger partial charge in [0.2, 0.25) is 5.91 Å². The highest BCUT2D eigenvalue weighted by atomic mass is 16.5. The molecule has 0 spiro atoms. The highest BCUT2D eigenvalue weighted by Gasteiger charge is 2.07. The lowest BCUT2D eigenvalue weighted by molar-refractivity contribution is -0.114. The van der Waals surface area contributed by atoms with E-state index < -0.39 is 0 Å². The van der Waals surface area contributed by atoms with Crippen LogP contribution in [0.4, 0.5) is 11.4 Å². The van der Waals surface area contributed by atoms with E-state index in [0.29, 0.717) is 30.6 Å². The molecular formula is C23H32N2O3. The summed E-state index contributed by atoms with van der Waals surface area (Å²) in [7, 11) is 0. The Morgan fingerprint density at radius 3 is 2.46 bits per heavy atom. The van der Waals surface area contributed by atoms with Crippen LogP contribution in [0.2, 0.25) is 0 Å². The lowest BCUT2D eigenvalue weighted by atomic mass is 10.1. The van der Waals surface area contributed by atoms with Gasteiger partial charge in [-0.05, 0) is 55.2 Å². The zero-order chi connectivity index (χ0) is 20.2. The maximum Gasteiger partial charge on any atom is 0.243 e. The zero-order valence-electron chi connectivity index (χ0n) is 17.2. The number of para-hydroxylation sites is 2. The summed E-state index contributed by atoms with van der Waals surface area (Å²) in [6, 6.07) is 15.2. The predicted molar refractivity (Wildman–Crippen MR) is 115 cm³/mol. The Balaban J connectivity index is 1.79. The van der Waals surface area contributed by atoms with Crippen LogP contribution < -0.4 is 20.1 Å². The molecular weight excluding hydrogens is 352 g/mol. The number of unbranched alkanes of at least 4 members (excludes halogenated alkanes) is 1. The van der Waals surface area contributed by atoms with Crippen molar-refractivity contribution in [1.29, 1.82) is 0 Å². The smallest absolute Gasteiger partial charge is 0.243 e. The third kappa shape index (κ3) is 7.91. The monoisotopic (exact) mass is 384 g/mol. The van der Waals surface area contributed by atoms with E-state index in [9.17, 15) is 4.79 Å². The number of benzene rings is 2. The molecule has 0 aliphatic carbocycles. The van der Waals surface area contributed by atoms with Crippen molar-refractivity contribution in [2.45, 2.75) is 40.0 Å². The van der Waals surface area contributed by atoms with Crippen LogP contribution in [0.25, 0.3) is 0 Å². The second-order valence-electron chi connectivity index (χ2n) is 7.16. The number of ether oxygens (including phenoxy) is 2. The van der Waals surface area contributed by atoms with Gasteiger partial charge in [0.15, 0.2) is 0 Å². The fraction of sp³-hybridized carbons (Fsp3) is 0.435. The zero-order valence-corrected chi connectivity index (χ0v) is 17.2. The van der Waals surface area contributed by atoms with Gasteiger partial charge in [0.25, 0.3) is 0 Å². The fourth-order valence-corrected chi connectivity index (χ4v) is 2.48. The normalized spacial score (nSPS) is 10.6. The maximum atomic E-state index is 12.3. The van der Waals surface area contributed by atoms with Crippen molar-refractivity contribution in [3.63, 3.8) is 0 Å². The Bertz CT molecular complexity index is 714. The van der Waals surface area contributed by atoms with Gasteiger partial charge >= 0.3 is 0 Å². The fourth-order valence-electron chi connectivity index (χ4n) is 2.48. The topological polar surface area (TPSA) is 59.6 Å². The molecule has 0 radical (unpaired) electrons. The van der Waals surface area contributed by atoms with E-state index in [2.05, 4.69) is 31.4 Å². The molecule has 2 aromatic carbocycles. The van der Waals surface area contributed by atoms with Gasteiger partial charge in [-0.1, -0.05) is 39.3 Å². The van der Waals surface area contributed by atoms with E-state index >= 15 is 0 Å². The first-order valence-corrected chi connectivity index (χ1v) is 10.1. The Labute approximate surface area is 168 Å². The average Bonchev–Trinajstić information content (AvgIpc) is 2.68. The third-order valence-electron chi connectivity index (χ3n) is 4.19. The average molecular weight is 385 g/mol. The number of hydrogen-bond acceptors (Lipinski definition) is 4. The van der Waals surface area contributed by atoms with Gasteiger partial charge in [0, 0.05) is 5.69 Å². The molecule has 1 amide bonds. The molecule has 0 fully saturated rings. The van der Waals surface area contributed by atoms with Crippen molar-refractivity contribution >= 4 is 17.3 Å². The minimum Gasteiger partial charge on any atom is -0.494 e. The molecule has 5 heteroatoms. The second kappa shape index (κ2) is 11.9. The van der Waals surface area contributed by atoms with Gasteiger partial charge in [-0.25, -0.2) is 0 Å². The van der Waals surface area contributed by atoms with Crippen LogP contribution in [-0.2, 0) is 4.79 Å². The second-order valence-corrected chi connectivity index (χ2v) is 7.16. The van der Waals surface area contributed by atoms with E-state index in [0.717, 1.165) is 30.7 Å². The van der Waals surface area contributed by atoms with E-state index in [-0.39, 0.29) is 12.5 Å². The van der Waals surface area contributed by atoms with Crippen molar-refractivity contribution in [1.82, 2.24) is 0 Å². The Kier molecular flexibility index (Phi) is 9.19. The summed E-state index contributed by atoms with van der Waals surface area (Å²) in [5.74, 6) is 2.05. The minimum absolute atomic E-state index is 0.121. The van der Waals surface area contributed by atoms with Gasteiger partial charge in [-0.2, -0.15) is 0 Å². The number of nitrogens with one attached hydrogen (secondary N) is 2. The molecule has 0 aliphatic heterocycles. The van der Waals surface area contributed by atoms with Crippen LogP contribution >= 0.6 is 0 Å². The van der Waals surface area contributed by atoms with Crippen molar-refractivity contribution < 1.29 is 14.3 Å². The lowest BCUT2D eigenvalue weighted by Crippen LogP contribution is -2.22. The first-order valence-electron chi connectivity index (χ1n) is 10.1. The van der Waals surface area contributed by atoms with E-state index in [1.54, 1.807) is 0 Å². The van der Waals surface area contributed by atoms with Gasteiger partial charge in [-0.3, -0.25) is 4.79 Å². The summed E-state index contributed by atoms with van der Waals surface area (Å²) in [6.45, 7) is 8.01. The summed E-state index contributed by atoms with van der Waals surface area (Å²) >= 11 is 0. The summed E-state index contributed by atoms with van der Waals surface area (Å²) in [5.41, 5.74) is 1.57. The van der Waals surface area contributed by atoms with Crippen molar-refractivity contribution in [2.24, 2.45) is 5.92 Å². The van der Waals surface area contributed by atoms with Crippen LogP contribution in [0, 0.1) is 5.92 Å². The van der Waals surface area contributed by atoms with Gasteiger partial charge in [0.1, 0.15) is 11.5 Å². The molecule has 152 valence electrons. The molecule has 0 aliphatic rings. The first-order chi connectivity index (χ1) is 13.6. The molecule has 0 atom stereocenters. The Morgan fingerprint density at radius 2 is 1.75 bits per heavy atom. The number of carbonyl (C=O) groups is 1. The highest BCUT2D eigenvalue weighted by molar-refractivity contribution is 5.95. The lowest BCUT2D eigenvalue weighted by Gasteiger charge is -2.13. The molecule has 0 heterocycles. The van der Waals surface area contributed by atoms with Crippen LogP contribution in [0.5, 0.6) is 11.5 Å². The number of rotatable bonds is 12. The van der Waals surface area contributed by atoms with Crippen molar-refractivity contribution in [3.05, 3.63) is 48.5 Å². The third-order valence-corrected chi connectivity index (χ3v) is 4.19. The first kappa shape index (κ1) is 21.6. The van der Waals surface area contributed by atoms with E-state index in [1.807, 2.05) is 48.5 Å². The van der Waals surface area contributed by atoms with Crippen LogP contribution in [0.1, 0.15) is 40.0 Å². The molecule has 0 unspecified atom stereocenters. The molecule has 0 saturated heterocycles. The quantitative estimate of drug-likeness (QED) is 0.485.